The van der Waals surface area contributed by atoms with Crippen LogP contribution in [0.3, 0.4) is 0 Å². The van der Waals surface area contributed by atoms with Gasteiger partial charge in [0.05, 0.1) is 11.3 Å². The maximum Gasteiger partial charge on any atom is 0.165 e. The number of piperazine rings is 1. The third kappa shape index (κ3) is 4.33. The molecule has 4 N–H and O–H groups in total. The van der Waals surface area contributed by atoms with Gasteiger partial charge in [0.25, 0.3) is 0 Å². The number of hydrogen-bond acceptors (Lipinski definition) is 7. The fourth-order valence-corrected chi connectivity index (χ4v) is 4.69. The van der Waals surface area contributed by atoms with Crippen LogP contribution in [0.1, 0.15) is 5.56 Å². The van der Waals surface area contributed by atoms with Gasteiger partial charge in [-0.1, -0.05) is 42.5 Å². The van der Waals surface area contributed by atoms with Gasteiger partial charge in [-0.05, 0) is 42.0 Å². The van der Waals surface area contributed by atoms with Crippen molar-refractivity contribution in [1.29, 1.82) is 0 Å². The lowest BCUT2D eigenvalue weighted by molar-refractivity contribution is 0.128. The predicted octanol–water partition coefficient (Wildman–Crippen LogP) is 3.72. The molecule has 0 saturated carbocycles. The first kappa shape index (κ1) is 22.4. The Bertz CT molecular complexity index is 1490. The van der Waals surface area contributed by atoms with E-state index in [1.807, 2.05) is 47.5 Å². The smallest absolute Gasteiger partial charge is 0.165 e. The largest absolute Gasteiger partial charge is 0.383 e. The second kappa shape index (κ2) is 9.50. The summed E-state index contributed by atoms with van der Waals surface area (Å²) in [6.07, 6.45) is 1.69. The molecule has 8 nitrogen and oxygen atoms in total. The highest BCUT2D eigenvalue weighted by molar-refractivity contribution is 5.84. The maximum atomic E-state index is 6.28. The van der Waals surface area contributed by atoms with Crippen molar-refractivity contribution in [1.82, 2.24) is 29.4 Å². The minimum atomic E-state index is 0.438. The number of nitrogens with two attached hydrogens (primary N) is 2. The first-order chi connectivity index (χ1) is 17.7. The summed E-state index contributed by atoms with van der Waals surface area (Å²) >= 11 is 0. The highest BCUT2D eigenvalue weighted by atomic mass is 15.4. The van der Waals surface area contributed by atoms with Gasteiger partial charge in [-0.25, -0.2) is 20.0 Å². The molecule has 0 bridgehead atoms. The third-order valence-corrected chi connectivity index (χ3v) is 6.66. The van der Waals surface area contributed by atoms with E-state index in [2.05, 4.69) is 50.8 Å². The lowest BCUT2D eigenvalue weighted by atomic mass is 10.1. The van der Waals surface area contributed by atoms with Crippen molar-refractivity contribution in [3.8, 4) is 28.3 Å². The fraction of sp³-hybridized carbons (Fsp3) is 0.179. The highest BCUT2D eigenvalue weighted by Crippen LogP contribution is 2.31. The van der Waals surface area contributed by atoms with Crippen LogP contribution in [-0.4, -0.2) is 55.6 Å². The predicted molar refractivity (Wildman–Crippen MR) is 143 cm³/mol. The Morgan fingerprint density at radius 3 is 2.31 bits per heavy atom. The molecule has 0 amide bonds. The molecule has 6 rings (SSSR count). The zero-order valence-corrected chi connectivity index (χ0v) is 20.0. The van der Waals surface area contributed by atoms with Gasteiger partial charge in [0.1, 0.15) is 11.3 Å². The number of fused-ring (bicyclic) bond motifs is 1. The van der Waals surface area contributed by atoms with Crippen molar-refractivity contribution in [3.63, 3.8) is 0 Å². The number of benzene rings is 2. The molecule has 36 heavy (non-hydrogen) atoms. The number of imidazole rings is 1. The Kier molecular flexibility index (Phi) is 5.90. The number of aromatic nitrogens is 4. The van der Waals surface area contributed by atoms with E-state index in [9.17, 15) is 0 Å². The van der Waals surface area contributed by atoms with E-state index in [1.54, 1.807) is 6.20 Å². The lowest BCUT2D eigenvalue weighted by Gasteiger charge is -2.31. The second-order valence-corrected chi connectivity index (χ2v) is 9.09. The Hall–Kier alpha value is -4.11. The van der Waals surface area contributed by atoms with Crippen molar-refractivity contribution in [2.24, 2.45) is 5.84 Å². The molecule has 5 aromatic rings. The summed E-state index contributed by atoms with van der Waals surface area (Å²) in [5.41, 5.74) is 12.8. The number of rotatable bonds is 5. The van der Waals surface area contributed by atoms with E-state index in [4.69, 9.17) is 21.5 Å². The fourth-order valence-electron chi connectivity index (χ4n) is 4.69. The van der Waals surface area contributed by atoms with Gasteiger partial charge < -0.3 is 5.73 Å². The summed E-state index contributed by atoms with van der Waals surface area (Å²) in [5.74, 6) is 7.07. The van der Waals surface area contributed by atoms with Crippen molar-refractivity contribution >= 4 is 17.0 Å². The van der Waals surface area contributed by atoms with Crippen LogP contribution < -0.4 is 11.6 Å². The monoisotopic (exact) mass is 476 g/mol. The zero-order valence-electron chi connectivity index (χ0n) is 20.0. The van der Waals surface area contributed by atoms with Gasteiger partial charge in [-0.3, -0.25) is 15.3 Å². The van der Waals surface area contributed by atoms with Gasteiger partial charge in [-0.2, -0.15) is 0 Å². The molecule has 0 spiro atoms. The summed E-state index contributed by atoms with van der Waals surface area (Å²) in [4.78, 5) is 16.7. The first-order valence-electron chi connectivity index (χ1n) is 12.1. The summed E-state index contributed by atoms with van der Waals surface area (Å²) < 4.78 is 2.08. The van der Waals surface area contributed by atoms with E-state index < -0.39 is 0 Å². The molecule has 0 unspecified atom stereocenters. The first-order valence-corrected chi connectivity index (χ1v) is 12.1. The molecule has 0 radical (unpaired) electrons. The Morgan fingerprint density at radius 1 is 0.778 bits per heavy atom. The van der Waals surface area contributed by atoms with Crippen LogP contribution in [0, 0.1) is 0 Å². The number of nitrogens with zero attached hydrogens (tertiary/aromatic N) is 6. The molecule has 1 saturated heterocycles. The van der Waals surface area contributed by atoms with Crippen LogP contribution in [0.4, 0.5) is 5.82 Å². The summed E-state index contributed by atoms with van der Waals surface area (Å²) in [6, 6.07) is 26.6. The lowest BCUT2D eigenvalue weighted by Crippen LogP contribution is -2.48. The van der Waals surface area contributed by atoms with E-state index in [0.717, 1.165) is 72.2 Å². The van der Waals surface area contributed by atoms with Gasteiger partial charge in [0.15, 0.2) is 11.5 Å². The third-order valence-electron chi connectivity index (χ3n) is 6.66. The number of pyridine rings is 2. The van der Waals surface area contributed by atoms with E-state index in [0.29, 0.717) is 5.82 Å². The highest BCUT2D eigenvalue weighted by Gasteiger charge is 2.19. The molecular weight excluding hydrogens is 448 g/mol. The molecule has 3 aromatic heterocycles. The minimum Gasteiger partial charge on any atom is -0.383 e. The number of nitrogen functional groups attached to an aromatic ring is 1. The molecule has 2 aromatic carbocycles. The summed E-state index contributed by atoms with van der Waals surface area (Å²) in [6.45, 7) is 4.63. The Balaban J connectivity index is 1.43. The van der Waals surface area contributed by atoms with Gasteiger partial charge >= 0.3 is 0 Å². The molecule has 1 aliphatic heterocycles. The molecular formula is C28H28N8. The minimum absolute atomic E-state index is 0.438. The Morgan fingerprint density at radius 2 is 1.56 bits per heavy atom. The molecule has 4 heterocycles. The van der Waals surface area contributed by atoms with Gasteiger partial charge in [0, 0.05) is 50.2 Å². The van der Waals surface area contributed by atoms with E-state index in [-0.39, 0.29) is 0 Å². The molecule has 180 valence electrons. The molecule has 8 heteroatoms. The average Bonchev–Trinajstić information content (AvgIpc) is 3.30. The van der Waals surface area contributed by atoms with Crippen LogP contribution in [-0.2, 0) is 6.54 Å². The standard InChI is InChI=1S/C28H28N8/c29-26-23(7-4-14-31-26)27-33-25-13-12-24(21-5-2-1-3-6-21)32-28(25)36(27)22-10-8-20(9-11-22)19-34-15-17-35(30)18-16-34/h1-14H,15-19,30H2,(H2,29,31). The van der Waals surface area contributed by atoms with Crippen molar-refractivity contribution < 1.29 is 0 Å². The zero-order chi connectivity index (χ0) is 24.5. The normalized spacial score (nSPS) is 14.9. The quantitative estimate of drug-likeness (QED) is 0.373. The molecule has 0 aliphatic carbocycles. The van der Waals surface area contributed by atoms with Crippen LogP contribution in [0.15, 0.2) is 85.1 Å². The molecule has 1 aliphatic rings. The van der Waals surface area contributed by atoms with Crippen LogP contribution in [0.2, 0.25) is 0 Å². The summed E-state index contributed by atoms with van der Waals surface area (Å²) in [7, 11) is 0. The van der Waals surface area contributed by atoms with Crippen molar-refractivity contribution in [2.75, 3.05) is 31.9 Å². The number of hydrogen-bond donors (Lipinski definition) is 2. The van der Waals surface area contributed by atoms with Crippen molar-refractivity contribution in [3.05, 3.63) is 90.6 Å². The van der Waals surface area contributed by atoms with Gasteiger partial charge in [0.2, 0.25) is 0 Å². The van der Waals surface area contributed by atoms with Gasteiger partial charge in [-0.15, -0.1) is 0 Å². The van der Waals surface area contributed by atoms with Crippen molar-refractivity contribution in [2.45, 2.75) is 6.54 Å². The van der Waals surface area contributed by atoms with E-state index >= 15 is 0 Å². The number of anilines is 1. The van der Waals surface area contributed by atoms with E-state index in [1.165, 1.54) is 5.56 Å². The van der Waals surface area contributed by atoms with Crippen LogP contribution >= 0.6 is 0 Å². The molecule has 1 fully saturated rings. The summed E-state index contributed by atoms with van der Waals surface area (Å²) in [5, 5.41) is 1.88. The Labute approximate surface area is 209 Å². The average molecular weight is 477 g/mol. The van der Waals surface area contributed by atoms with Crippen LogP contribution in [0.5, 0.6) is 0 Å². The topological polar surface area (TPSA) is 102 Å². The molecule has 0 atom stereocenters. The SMILES string of the molecule is Nc1ncccc1-c1nc2ccc(-c3ccccc3)nc2n1-c1ccc(CN2CCN(N)CC2)cc1. The van der Waals surface area contributed by atoms with Crippen LogP contribution in [0.25, 0.3) is 39.5 Å². The number of hydrazine groups is 1. The maximum absolute atomic E-state index is 6.28. The second-order valence-electron chi connectivity index (χ2n) is 9.09.